The predicted molar refractivity (Wildman–Crippen MR) is 95.5 cm³/mol. The maximum atomic E-state index is 11.7. The molecule has 1 aromatic carbocycles. The summed E-state index contributed by atoms with van der Waals surface area (Å²) >= 11 is 5.83. The van der Waals surface area contributed by atoms with E-state index >= 15 is 0 Å². The molecule has 1 amide bonds. The van der Waals surface area contributed by atoms with E-state index in [1.54, 1.807) is 30.3 Å². The molecule has 25 heavy (non-hydrogen) atoms. The number of pyridine rings is 1. The van der Waals surface area contributed by atoms with E-state index in [0.717, 1.165) is 11.3 Å². The molecule has 2 rings (SSSR count). The average Bonchev–Trinajstić information content (AvgIpc) is 2.61. The number of aromatic nitrogens is 1. The molecule has 0 aliphatic carbocycles. The summed E-state index contributed by atoms with van der Waals surface area (Å²) in [5.74, 6) is -0.369. The molecule has 0 aliphatic rings. The monoisotopic (exact) mass is 360 g/mol. The summed E-state index contributed by atoms with van der Waals surface area (Å²) in [6.45, 7) is 2.08. The van der Waals surface area contributed by atoms with E-state index in [1.807, 2.05) is 19.1 Å². The summed E-state index contributed by atoms with van der Waals surface area (Å²) in [5.41, 5.74) is 1.17. The quantitative estimate of drug-likeness (QED) is 0.465. The van der Waals surface area contributed by atoms with Crippen molar-refractivity contribution in [3.63, 3.8) is 0 Å². The number of amides is 1. The molecule has 0 spiro atoms. The van der Waals surface area contributed by atoms with Crippen LogP contribution in [0.5, 0.6) is 5.75 Å². The van der Waals surface area contributed by atoms with Crippen molar-refractivity contribution in [1.29, 1.82) is 0 Å². The summed E-state index contributed by atoms with van der Waals surface area (Å²) in [5, 5.41) is 2.67. The first kappa shape index (κ1) is 18.5. The highest BCUT2D eigenvalue weighted by molar-refractivity contribution is 6.32. The Bertz CT molecular complexity index is 760. The van der Waals surface area contributed by atoms with Crippen LogP contribution in [-0.2, 0) is 14.3 Å². The lowest BCUT2D eigenvalue weighted by Crippen LogP contribution is -2.20. The highest BCUT2D eigenvalue weighted by Crippen LogP contribution is 2.17. The maximum absolute atomic E-state index is 11.7. The van der Waals surface area contributed by atoms with Gasteiger partial charge in [-0.15, -0.1) is 0 Å². The molecule has 6 nitrogen and oxygen atoms in total. The van der Waals surface area contributed by atoms with Crippen LogP contribution in [0.3, 0.4) is 0 Å². The lowest BCUT2D eigenvalue weighted by molar-refractivity contribution is -0.142. The SMILES string of the molecule is CCOc1ccc(/C=C/C(=O)OCC(=O)Nc2cccnc2Cl)cc1. The minimum atomic E-state index is -0.624. The van der Waals surface area contributed by atoms with Crippen molar-refractivity contribution >= 4 is 35.2 Å². The molecule has 0 unspecified atom stereocenters. The summed E-state index contributed by atoms with van der Waals surface area (Å²) in [7, 11) is 0. The Kier molecular flexibility index (Phi) is 6.98. The van der Waals surface area contributed by atoms with Gasteiger partial charge >= 0.3 is 5.97 Å². The molecule has 1 heterocycles. The van der Waals surface area contributed by atoms with Gasteiger partial charge in [-0.1, -0.05) is 23.7 Å². The van der Waals surface area contributed by atoms with Gasteiger partial charge in [-0.05, 0) is 42.8 Å². The number of carbonyl (C=O) groups excluding carboxylic acids is 2. The van der Waals surface area contributed by atoms with Gasteiger partial charge in [0.1, 0.15) is 5.75 Å². The van der Waals surface area contributed by atoms with Crippen molar-refractivity contribution in [3.05, 3.63) is 59.4 Å². The van der Waals surface area contributed by atoms with Gasteiger partial charge in [0.25, 0.3) is 5.91 Å². The second-order valence-electron chi connectivity index (χ2n) is 4.83. The first-order valence-electron chi connectivity index (χ1n) is 7.56. The first-order chi connectivity index (χ1) is 12.1. The van der Waals surface area contributed by atoms with Crippen LogP contribution in [0, 0.1) is 0 Å². The summed E-state index contributed by atoms with van der Waals surface area (Å²) in [6, 6.07) is 10.5. The van der Waals surface area contributed by atoms with E-state index in [9.17, 15) is 9.59 Å². The lowest BCUT2D eigenvalue weighted by atomic mass is 10.2. The van der Waals surface area contributed by atoms with Crippen LogP contribution >= 0.6 is 11.6 Å². The van der Waals surface area contributed by atoms with E-state index in [1.165, 1.54) is 12.3 Å². The fourth-order valence-corrected chi connectivity index (χ4v) is 2.02. The zero-order valence-corrected chi connectivity index (χ0v) is 14.3. The molecule has 0 saturated carbocycles. The predicted octanol–water partition coefficient (Wildman–Crippen LogP) is 3.33. The van der Waals surface area contributed by atoms with Crippen molar-refractivity contribution in [2.24, 2.45) is 0 Å². The molecule has 0 radical (unpaired) electrons. The van der Waals surface area contributed by atoms with Crippen LogP contribution in [-0.4, -0.2) is 30.1 Å². The highest BCUT2D eigenvalue weighted by Gasteiger charge is 2.08. The summed E-state index contributed by atoms with van der Waals surface area (Å²) in [4.78, 5) is 27.2. The molecule has 0 aliphatic heterocycles. The van der Waals surface area contributed by atoms with Gasteiger partial charge in [-0.25, -0.2) is 9.78 Å². The molecule has 1 aromatic heterocycles. The Balaban J connectivity index is 1.79. The van der Waals surface area contributed by atoms with Crippen LogP contribution in [0.15, 0.2) is 48.7 Å². The second-order valence-corrected chi connectivity index (χ2v) is 5.19. The molecule has 2 aromatic rings. The van der Waals surface area contributed by atoms with E-state index < -0.39 is 18.5 Å². The number of hydrogen-bond acceptors (Lipinski definition) is 5. The minimum absolute atomic E-state index is 0.164. The third kappa shape index (κ3) is 6.27. The molecule has 0 saturated heterocycles. The van der Waals surface area contributed by atoms with E-state index in [-0.39, 0.29) is 5.15 Å². The van der Waals surface area contributed by atoms with Gasteiger partial charge in [-0.3, -0.25) is 4.79 Å². The van der Waals surface area contributed by atoms with Gasteiger partial charge in [0.15, 0.2) is 11.8 Å². The van der Waals surface area contributed by atoms with Crippen molar-refractivity contribution in [1.82, 2.24) is 4.98 Å². The summed E-state index contributed by atoms with van der Waals surface area (Å²) < 4.78 is 10.2. The van der Waals surface area contributed by atoms with Crippen LogP contribution in [0.25, 0.3) is 6.08 Å². The van der Waals surface area contributed by atoms with Gasteiger partial charge < -0.3 is 14.8 Å². The number of anilines is 1. The van der Waals surface area contributed by atoms with Crippen molar-refractivity contribution in [2.75, 3.05) is 18.5 Å². The van der Waals surface area contributed by atoms with E-state index in [4.69, 9.17) is 21.1 Å². The van der Waals surface area contributed by atoms with E-state index in [2.05, 4.69) is 10.3 Å². The Morgan fingerprint density at radius 2 is 2.00 bits per heavy atom. The number of benzene rings is 1. The number of carbonyl (C=O) groups is 2. The van der Waals surface area contributed by atoms with Crippen molar-refractivity contribution < 1.29 is 19.1 Å². The standard InChI is InChI=1S/C18H17ClN2O4/c1-2-24-14-8-5-13(6-9-14)7-10-17(23)25-12-16(22)21-15-4-3-11-20-18(15)19/h3-11H,2,12H2,1H3,(H,21,22)/b10-7+. The zero-order chi connectivity index (χ0) is 18.1. The minimum Gasteiger partial charge on any atom is -0.494 e. The number of nitrogens with one attached hydrogen (secondary N) is 1. The average molecular weight is 361 g/mol. The first-order valence-corrected chi connectivity index (χ1v) is 7.94. The summed E-state index contributed by atoms with van der Waals surface area (Å²) in [6.07, 6.45) is 4.34. The van der Waals surface area contributed by atoms with Gasteiger partial charge in [0.05, 0.1) is 12.3 Å². The van der Waals surface area contributed by atoms with Crippen LogP contribution in [0.1, 0.15) is 12.5 Å². The number of halogens is 1. The van der Waals surface area contributed by atoms with Crippen LogP contribution in [0.2, 0.25) is 5.15 Å². The normalized spacial score (nSPS) is 10.5. The molecule has 130 valence electrons. The smallest absolute Gasteiger partial charge is 0.331 e. The van der Waals surface area contributed by atoms with Gasteiger partial charge in [-0.2, -0.15) is 0 Å². The molecule has 0 bridgehead atoms. The molecular weight excluding hydrogens is 344 g/mol. The third-order valence-electron chi connectivity index (χ3n) is 2.98. The van der Waals surface area contributed by atoms with Crippen molar-refractivity contribution in [2.45, 2.75) is 6.92 Å². The number of nitrogens with zero attached hydrogens (tertiary/aromatic N) is 1. The molecule has 7 heteroatoms. The maximum Gasteiger partial charge on any atom is 0.331 e. The third-order valence-corrected chi connectivity index (χ3v) is 3.28. The van der Waals surface area contributed by atoms with Crippen LogP contribution in [0.4, 0.5) is 5.69 Å². The molecule has 0 fully saturated rings. The highest BCUT2D eigenvalue weighted by atomic mass is 35.5. The van der Waals surface area contributed by atoms with E-state index in [0.29, 0.717) is 12.3 Å². The largest absolute Gasteiger partial charge is 0.494 e. The lowest BCUT2D eigenvalue weighted by Gasteiger charge is -2.06. The number of esters is 1. The Hall–Kier alpha value is -2.86. The Labute approximate surface area is 150 Å². The second kappa shape index (κ2) is 9.44. The molecule has 1 N–H and O–H groups in total. The number of hydrogen-bond donors (Lipinski definition) is 1. The fourth-order valence-electron chi connectivity index (χ4n) is 1.86. The topological polar surface area (TPSA) is 77.5 Å². The number of rotatable bonds is 7. The van der Waals surface area contributed by atoms with Gasteiger partial charge in [0.2, 0.25) is 0 Å². The molecule has 0 atom stereocenters. The zero-order valence-electron chi connectivity index (χ0n) is 13.6. The Morgan fingerprint density at radius 3 is 2.68 bits per heavy atom. The Morgan fingerprint density at radius 1 is 1.24 bits per heavy atom. The van der Waals surface area contributed by atoms with Crippen molar-refractivity contribution in [3.8, 4) is 5.75 Å². The molecular formula is C18H17ClN2O4. The van der Waals surface area contributed by atoms with Crippen LogP contribution < -0.4 is 10.1 Å². The fraction of sp³-hybridized carbons (Fsp3) is 0.167. The number of ether oxygens (including phenoxy) is 2. The van der Waals surface area contributed by atoms with Gasteiger partial charge in [0, 0.05) is 12.3 Å².